The molecule has 2 spiro atoms. The Labute approximate surface area is 135 Å². The zero-order valence-electron chi connectivity index (χ0n) is 13.3. The van der Waals surface area contributed by atoms with Crippen molar-refractivity contribution >= 4 is 0 Å². The van der Waals surface area contributed by atoms with Gasteiger partial charge in [-0.2, -0.15) is 0 Å². The van der Waals surface area contributed by atoms with Crippen LogP contribution >= 0.6 is 0 Å². The molecule has 1 aromatic rings. The van der Waals surface area contributed by atoms with E-state index in [4.69, 9.17) is 9.47 Å². The van der Waals surface area contributed by atoms with Crippen molar-refractivity contribution in [2.75, 3.05) is 14.2 Å². The number of aliphatic hydroxyl groups is 1. The highest BCUT2D eigenvalue weighted by Crippen LogP contribution is 3.06. The molecular formula is C20H20O3. The van der Waals surface area contributed by atoms with Gasteiger partial charge in [-0.1, -0.05) is 12.2 Å². The standard InChI is InChI=1S/C20H20O3/c1-22-9-3-4-10(23-2)12-11(9)16-13-14-15(13)18-19(16)6-5-8(21)7-20(18,19)17(12)14/h3-6,8,13-18,21H,7H2,1-2H3/t8-,13-,14-,15-,16+,17+,18-,19+,20+/m1/s1. The van der Waals surface area contributed by atoms with Gasteiger partial charge in [-0.25, -0.2) is 0 Å². The summed E-state index contributed by atoms with van der Waals surface area (Å²) in [5.41, 5.74) is 3.52. The summed E-state index contributed by atoms with van der Waals surface area (Å²) in [7, 11) is 3.58. The fourth-order valence-corrected chi connectivity index (χ4v) is 8.58. The number of hydrogen-bond acceptors (Lipinski definition) is 3. The molecule has 8 rings (SSSR count). The van der Waals surface area contributed by atoms with Crippen LogP contribution in [0.5, 0.6) is 11.5 Å². The Bertz CT molecular complexity index is 828. The first-order valence-electron chi connectivity index (χ1n) is 8.84. The van der Waals surface area contributed by atoms with Gasteiger partial charge < -0.3 is 14.6 Å². The molecule has 3 nitrogen and oxygen atoms in total. The highest BCUT2D eigenvalue weighted by molar-refractivity contribution is 5.70. The molecule has 3 heteroatoms. The number of benzene rings is 1. The summed E-state index contributed by atoms with van der Waals surface area (Å²) in [5, 5.41) is 10.3. The van der Waals surface area contributed by atoms with Gasteiger partial charge in [-0.15, -0.1) is 0 Å². The lowest BCUT2D eigenvalue weighted by Crippen LogP contribution is -2.42. The molecule has 23 heavy (non-hydrogen) atoms. The normalized spacial score (nSPS) is 56.9. The molecule has 1 aromatic carbocycles. The van der Waals surface area contributed by atoms with E-state index in [2.05, 4.69) is 24.3 Å². The minimum absolute atomic E-state index is 0.261. The minimum Gasteiger partial charge on any atom is -0.496 e. The third-order valence-electron chi connectivity index (χ3n) is 8.62. The predicted octanol–water partition coefficient (Wildman–Crippen LogP) is 2.70. The average Bonchev–Trinajstić information content (AvgIpc) is 3.36. The maximum atomic E-state index is 10.3. The largest absolute Gasteiger partial charge is 0.496 e. The summed E-state index contributed by atoms with van der Waals surface area (Å²) in [6, 6.07) is 4.17. The molecule has 7 aliphatic rings. The van der Waals surface area contributed by atoms with Gasteiger partial charge in [-0.05, 0) is 53.6 Å². The third kappa shape index (κ3) is 0.840. The van der Waals surface area contributed by atoms with Crippen LogP contribution in [0.3, 0.4) is 0 Å². The molecule has 0 radical (unpaired) electrons. The van der Waals surface area contributed by atoms with E-state index in [1.54, 1.807) is 14.2 Å². The van der Waals surface area contributed by atoms with E-state index in [-0.39, 0.29) is 6.10 Å². The van der Waals surface area contributed by atoms with Crippen LogP contribution in [0.2, 0.25) is 0 Å². The molecule has 7 aliphatic carbocycles. The lowest BCUT2D eigenvalue weighted by atomic mass is 9.53. The van der Waals surface area contributed by atoms with E-state index < -0.39 is 0 Å². The topological polar surface area (TPSA) is 38.7 Å². The van der Waals surface area contributed by atoms with Crippen molar-refractivity contribution < 1.29 is 14.6 Å². The second-order valence-electron chi connectivity index (χ2n) is 8.57. The monoisotopic (exact) mass is 308 g/mol. The molecule has 0 saturated heterocycles. The Kier molecular flexibility index (Phi) is 1.59. The molecule has 4 saturated carbocycles. The van der Waals surface area contributed by atoms with Crippen molar-refractivity contribution in [2.24, 2.45) is 34.5 Å². The van der Waals surface area contributed by atoms with Crippen molar-refractivity contribution in [1.82, 2.24) is 0 Å². The van der Waals surface area contributed by atoms with Gasteiger partial charge in [-0.3, -0.25) is 0 Å². The van der Waals surface area contributed by atoms with Gasteiger partial charge in [0.2, 0.25) is 0 Å². The fourth-order valence-electron chi connectivity index (χ4n) is 8.58. The maximum Gasteiger partial charge on any atom is 0.122 e. The molecule has 0 aromatic heterocycles. The minimum atomic E-state index is -0.261. The fraction of sp³-hybridized carbons (Fsp3) is 0.600. The van der Waals surface area contributed by atoms with E-state index in [0.717, 1.165) is 41.6 Å². The van der Waals surface area contributed by atoms with Gasteiger partial charge in [0.1, 0.15) is 11.5 Å². The zero-order chi connectivity index (χ0) is 15.3. The maximum absolute atomic E-state index is 10.3. The van der Waals surface area contributed by atoms with Crippen molar-refractivity contribution in [3.05, 3.63) is 35.4 Å². The SMILES string of the molecule is COc1ccc(OC)c2c1[C@H]1[C@H]3[C@@H]4[C@@H]3[C@H]2[C@]23C[C@H](O)C=C[C@@]12[C@@H]43. The predicted molar refractivity (Wildman–Crippen MR) is 83.6 cm³/mol. The lowest BCUT2D eigenvalue weighted by Gasteiger charge is -2.50. The summed E-state index contributed by atoms with van der Waals surface area (Å²) in [5.74, 6) is 6.66. The van der Waals surface area contributed by atoms with Crippen molar-refractivity contribution in [3.8, 4) is 11.5 Å². The Hall–Kier alpha value is -1.48. The Morgan fingerprint density at radius 3 is 2.35 bits per heavy atom. The van der Waals surface area contributed by atoms with Crippen molar-refractivity contribution in [2.45, 2.75) is 24.4 Å². The quantitative estimate of drug-likeness (QED) is 0.854. The van der Waals surface area contributed by atoms with Crippen LogP contribution in [0, 0.1) is 34.5 Å². The first kappa shape index (κ1) is 12.0. The molecule has 9 atom stereocenters. The third-order valence-corrected chi connectivity index (χ3v) is 8.62. The summed E-state index contributed by atoms with van der Waals surface area (Å²) in [6.07, 6.45) is 5.18. The van der Waals surface area contributed by atoms with E-state index >= 15 is 0 Å². The average molecular weight is 308 g/mol. The summed E-state index contributed by atoms with van der Waals surface area (Å²) in [6.45, 7) is 0. The number of rotatable bonds is 2. The molecule has 118 valence electrons. The van der Waals surface area contributed by atoms with Crippen LogP contribution in [0.4, 0.5) is 0 Å². The molecule has 0 aliphatic heterocycles. The van der Waals surface area contributed by atoms with E-state index in [0.29, 0.717) is 22.7 Å². The number of allylic oxidation sites excluding steroid dienone is 1. The number of ether oxygens (including phenoxy) is 2. The van der Waals surface area contributed by atoms with Gasteiger partial charge in [0.05, 0.1) is 20.3 Å². The second kappa shape index (κ2) is 3.06. The second-order valence-corrected chi connectivity index (χ2v) is 8.57. The van der Waals surface area contributed by atoms with Crippen LogP contribution in [-0.2, 0) is 0 Å². The van der Waals surface area contributed by atoms with Gasteiger partial charge in [0, 0.05) is 22.5 Å². The first-order valence-corrected chi connectivity index (χ1v) is 8.84. The summed E-state index contributed by atoms with van der Waals surface area (Å²) in [4.78, 5) is 0. The summed E-state index contributed by atoms with van der Waals surface area (Å²) >= 11 is 0. The Morgan fingerprint density at radius 1 is 1.00 bits per heavy atom. The molecule has 0 heterocycles. The Balaban J connectivity index is 1.58. The zero-order valence-corrected chi connectivity index (χ0v) is 13.3. The molecule has 2 bridgehead atoms. The van der Waals surface area contributed by atoms with Crippen molar-refractivity contribution in [1.29, 1.82) is 0 Å². The van der Waals surface area contributed by atoms with Gasteiger partial charge in [0.15, 0.2) is 0 Å². The van der Waals surface area contributed by atoms with Crippen molar-refractivity contribution in [3.63, 3.8) is 0 Å². The van der Waals surface area contributed by atoms with E-state index in [1.807, 2.05) is 0 Å². The molecule has 0 amide bonds. The van der Waals surface area contributed by atoms with Crippen LogP contribution in [0.15, 0.2) is 24.3 Å². The lowest BCUT2D eigenvalue weighted by molar-refractivity contribution is 0.0875. The van der Waals surface area contributed by atoms with Crippen LogP contribution in [0.25, 0.3) is 0 Å². The molecular weight excluding hydrogens is 288 g/mol. The number of aliphatic hydroxyl groups excluding tert-OH is 1. The highest BCUT2D eigenvalue weighted by Gasteiger charge is 3.01. The van der Waals surface area contributed by atoms with Crippen LogP contribution in [-0.4, -0.2) is 25.4 Å². The van der Waals surface area contributed by atoms with E-state index in [9.17, 15) is 5.11 Å². The smallest absolute Gasteiger partial charge is 0.122 e. The van der Waals surface area contributed by atoms with Gasteiger partial charge in [0.25, 0.3) is 0 Å². The first-order chi connectivity index (χ1) is 11.2. The van der Waals surface area contributed by atoms with Crippen LogP contribution < -0.4 is 9.47 Å². The van der Waals surface area contributed by atoms with Gasteiger partial charge >= 0.3 is 0 Å². The van der Waals surface area contributed by atoms with E-state index in [1.165, 1.54) is 11.1 Å². The number of methoxy groups -OCH3 is 2. The van der Waals surface area contributed by atoms with Crippen LogP contribution in [0.1, 0.15) is 29.4 Å². The summed E-state index contributed by atoms with van der Waals surface area (Å²) < 4.78 is 11.5. The Morgan fingerprint density at radius 2 is 1.65 bits per heavy atom. The molecule has 1 N–H and O–H groups in total. The molecule has 0 unspecified atom stereocenters. The number of hydrogen-bond donors (Lipinski definition) is 1. The molecule has 4 fully saturated rings. The highest BCUT2D eigenvalue weighted by atomic mass is 16.5.